The quantitative estimate of drug-likeness (QED) is 0.629. The average molecular weight is 369 g/mol. The van der Waals surface area contributed by atoms with Crippen LogP contribution in [0.25, 0.3) is 0 Å². The van der Waals surface area contributed by atoms with Gasteiger partial charge in [-0.05, 0) is 54.7 Å². The lowest BCUT2D eigenvalue weighted by Gasteiger charge is -2.31. The Morgan fingerprint density at radius 3 is 2.41 bits per heavy atom. The molecule has 142 valence electrons. The van der Waals surface area contributed by atoms with E-state index in [1.54, 1.807) is 7.11 Å². The second-order valence-corrected chi connectivity index (χ2v) is 7.41. The molecular weight excluding hydrogens is 345 g/mol. The zero-order valence-electron chi connectivity index (χ0n) is 15.4. The first-order chi connectivity index (χ1) is 13.0. The summed E-state index contributed by atoms with van der Waals surface area (Å²) in [5, 5.41) is 1.31. The maximum atomic E-state index is 13.3. The van der Waals surface area contributed by atoms with Gasteiger partial charge in [0, 0.05) is 12.0 Å². The Labute approximate surface area is 158 Å². The lowest BCUT2D eigenvalue weighted by Crippen LogP contribution is -2.43. The van der Waals surface area contributed by atoms with Crippen LogP contribution >= 0.6 is 0 Å². The normalized spacial score (nSPS) is 20.9. The molecule has 1 aliphatic carbocycles. The van der Waals surface area contributed by atoms with Crippen molar-refractivity contribution in [2.75, 3.05) is 20.2 Å². The van der Waals surface area contributed by atoms with E-state index in [1.807, 2.05) is 41.3 Å². The van der Waals surface area contributed by atoms with Gasteiger partial charge in [-0.2, -0.15) is 0 Å². The molecule has 0 radical (unpaired) electrons. The summed E-state index contributed by atoms with van der Waals surface area (Å²) in [5.74, 6) is 6.53. The van der Waals surface area contributed by atoms with Crippen molar-refractivity contribution in [2.45, 2.75) is 30.7 Å². The Bertz CT molecular complexity index is 818. The summed E-state index contributed by atoms with van der Waals surface area (Å²) >= 11 is 0. The molecule has 5 nitrogen and oxygen atoms in total. The first-order valence-corrected chi connectivity index (χ1v) is 9.25. The molecule has 1 saturated heterocycles. The molecule has 4 rings (SSSR count). The van der Waals surface area contributed by atoms with Crippen molar-refractivity contribution in [1.82, 2.24) is 9.91 Å². The smallest absolute Gasteiger partial charge is 0.334 e. The number of rotatable bonds is 6. The van der Waals surface area contributed by atoms with Gasteiger partial charge < -0.3 is 9.64 Å². The number of carbonyl (C=O) groups excluding carboxylic acids is 1. The number of methoxy groups -OCH3 is 1. The lowest BCUT2D eigenvalue weighted by atomic mass is 9.87. The maximum absolute atomic E-state index is 13.3. The number of hydrazine groups is 1. The standard InChI is InChI=1S/C21H24FN3O2/c1-27-18-8-2-15(3-9-18)10-13-24-19(14-25(23)20(24)26)21(11-12-21)16-4-6-17(22)7-5-16/h2-9,19H,10-14,23H2,1H3. The van der Waals surface area contributed by atoms with Crippen LogP contribution in [0.3, 0.4) is 0 Å². The van der Waals surface area contributed by atoms with Gasteiger partial charge in [-0.15, -0.1) is 0 Å². The molecule has 1 unspecified atom stereocenters. The minimum atomic E-state index is -0.242. The Morgan fingerprint density at radius 2 is 1.81 bits per heavy atom. The number of nitrogens with two attached hydrogens (primary N) is 1. The minimum absolute atomic E-state index is 0.0127. The second kappa shape index (κ2) is 6.85. The lowest BCUT2D eigenvalue weighted by molar-refractivity contribution is 0.182. The summed E-state index contributed by atoms with van der Waals surface area (Å²) in [4.78, 5) is 14.5. The molecule has 0 aromatic heterocycles. The Hall–Kier alpha value is -2.60. The number of urea groups is 1. The Balaban J connectivity index is 1.52. The fourth-order valence-electron chi connectivity index (χ4n) is 4.16. The number of carbonyl (C=O) groups is 1. The van der Waals surface area contributed by atoms with Crippen molar-refractivity contribution in [3.8, 4) is 5.75 Å². The van der Waals surface area contributed by atoms with Gasteiger partial charge in [-0.25, -0.2) is 15.0 Å². The van der Waals surface area contributed by atoms with Gasteiger partial charge >= 0.3 is 6.03 Å². The number of halogens is 1. The van der Waals surface area contributed by atoms with Crippen LogP contribution in [0, 0.1) is 5.82 Å². The van der Waals surface area contributed by atoms with Crippen LogP contribution < -0.4 is 10.6 Å². The van der Waals surface area contributed by atoms with Gasteiger partial charge in [0.15, 0.2) is 0 Å². The van der Waals surface area contributed by atoms with Gasteiger partial charge in [0.25, 0.3) is 0 Å². The molecular formula is C21H24FN3O2. The number of hydrogen-bond acceptors (Lipinski definition) is 3. The van der Waals surface area contributed by atoms with Crippen LogP contribution in [0.4, 0.5) is 9.18 Å². The monoisotopic (exact) mass is 369 g/mol. The topological polar surface area (TPSA) is 58.8 Å². The molecule has 1 aliphatic heterocycles. The van der Waals surface area contributed by atoms with Crippen LogP contribution in [0.1, 0.15) is 24.0 Å². The van der Waals surface area contributed by atoms with E-state index in [0.717, 1.165) is 36.1 Å². The fraction of sp³-hybridized carbons (Fsp3) is 0.381. The van der Waals surface area contributed by atoms with Crippen molar-refractivity contribution in [3.05, 3.63) is 65.5 Å². The van der Waals surface area contributed by atoms with Crippen molar-refractivity contribution in [2.24, 2.45) is 5.84 Å². The van der Waals surface area contributed by atoms with Crippen molar-refractivity contribution >= 4 is 6.03 Å². The molecule has 2 aromatic rings. The molecule has 1 heterocycles. The predicted molar refractivity (Wildman–Crippen MR) is 101 cm³/mol. The van der Waals surface area contributed by atoms with Crippen LogP contribution in [-0.4, -0.2) is 42.2 Å². The molecule has 2 N–H and O–H groups in total. The first kappa shape index (κ1) is 17.8. The zero-order chi connectivity index (χ0) is 19.0. The molecule has 2 aliphatic rings. The number of amides is 2. The molecule has 2 fully saturated rings. The maximum Gasteiger partial charge on any atom is 0.334 e. The average Bonchev–Trinajstić information content (AvgIpc) is 3.44. The van der Waals surface area contributed by atoms with E-state index >= 15 is 0 Å². The van der Waals surface area contributed by atoms with Gasteiger partial charge in [0.2, 0.25) is 0 Å². The third kappa shape index (κ3) is 3.25. The summed E-state index contributed by atoms with van der Waals surface area (Å²) in [7, 11) is 1.64. The van der Waals surface area contributed by atoms with E-state index in [4.69, 9.17) is 10.6 Å². The Kier molecular flexibility index (Phi) is 4.52. The third-order valence-corrected chi connectivity index (χ3v) is 5.88. The van der Waals surface area contributed by atoms with Gasteiger partial charge in [-0.3, -0.25) is 5.01 Å². The van der Waals surface area contributed by atoms with Crippen molar-refractivity contribution in [3.63, 3.8) is 0 Å². The fourth-order valence-corrected chi connectivity index (χ4v) is 4.16. The number of ether oxygens (including phenoxy) is 1. The van der Waals surface area contributed by atoms with Crippen LogP contribution in [0.2, 0.25) is 0 Å². The zero-order valence-corrected chi connectivity index (χ0v) is 15.4. The van der Waals surface area contributed by atoms with Crippen LogP contribution in [0.5, 0.6) is 5.75 Å². The number of hydrogen-bond donors (Lipinski definition) is 1. The van der Waals surface area contributed by atoms with Gasteiger partial charge in [0.1, 0.15) is 11.6 Å². The number of benzene rings is 2. The summed E-state index contributed by atoms with van der Waals surface area (Å²) in [6.07, 6.45) is 2.73. The predicted octanol–water partition coefficient (Wildman–Crippen LogP) is 3.09. The molecule has 1 atom stereocenters. The summed E-state index contributed by atoms with van der Waals surface area (Å²) < 4.78 is 18.5. The summed E-state index contributed by atoms with van der Waals surface area (Å²) in [6, 6.07) is 14.4. The number of nitrogens with zero attached hydrogens (tertiary/aromatic N) is 2. The highest BCUT2D eigenvalue weighted by Crippen LogP contribution is 2.53. The third-order valence-electron chi connectivity index (χ3n) is 5.88. The van der Waals surface area contributed by atoms with Crippen molar-refractivity contribution in [1.29, 1.82) is 0 Å². The Morgan fingerprint density at radius 1 is 1.15 bits per heavy atom. The van der Waals surface area contributed by atoms with E-state index in [9.17, 15) is 9.18 Å². The van der Waals surface area contributed by atoms with E-state index in [0.29, 0.717) is 13.1 Å². The highest BCUT2D eigenvalue weighted by Gasteiger charge is 2.57. The van der Waals surface area contributed by atoms with Gasteiger partial charge in [0.05, 0.1) is 19.7 Å². The van der Waals surface area contributed by atoms with E-state index < -0.39 is 0 Å². The molecule has 0 bridgehead atoms. The molecule has 2 amide bonds. The van der Waals surface area contributed by atoms with E-state index in [2.05, 4.69) is 0 Å². The molecule has 2 aromatic carbocycles. The van der Waals surface area contributed by atoms with Gasteiger partial charge in [-0.1, -0.05) is 24.3 Å². The second-order valence-electron chi connectivity index (χ2n) is 7.41. The SMILES string of the molecule is COc1ccc(CCN2C(=O)N(N)CC2C2(c3ccc(F)cc3)CC2)cc1. The van der Waals surface area contributed by atoms with Crippen LogP contribution in [-0.2, 0) is 11.8 Å². The highest BCUT2D eigenvalue weighted by atomic mass is 19.1. The van der Waals surface area contributed by atoms with E-state index in [-0.39, 0.29) is 23.3 Å². The molecule has 0 spiro atoms. The minimum Gasteiger partial charge on any atom is -0.497 e. The van der Waals surface area contributed by atoms with E-state index in [1.165, 1.54) is 17.1 Å². The molecule has 6 heteroatoms. The summed E-state index contributed by atoms with van der Waals surface area (Å²) in [6.45, 7) is 1.10. The first-order valence-electron chi connectivity index (χ1n) is 9.25. The van der Waals surface area contributed by atoms with Crippen LogP contribution in [0.15, 0.2) is 48.5 Å². The largest absolute Gasteiger partial charge is 0.497 e. The molecule has 27 heavy (non-hydrogen) atoms. The summed E-state index contributed by atoms with van der Waals surface area (Å²) in [5.41, 5.74) is 2.12. The highest BCUT2D eigenvalue weighted by molar-refractivity contribution is 5.77. The molecule has 1 saturated carbocycles. The van der Waals surface area contributed by atoms with Crippen molar-refractivity contribution < 1.29 is 13.9 Å².